The molecule has 2 aliphatic rings. The lowest BCUT2D eigenvalue weighted by atomic mass is 9.88. The molecule has 116 valence electrons. The van der Waals surface area contributed by atoms with Crippen molar-refractivity contribution in [1.29, 1.82) is 0 Å². The summed E-state index contributed by atoms with van der Waals surface area (Å²) in [6.45, 7) is 12.2. The first-order valence-electron chi connectivity index (χ1n) is 7.57. The van der Waals surface area contributed by atoms with Crippen molar-refractivity contribution in [2.75, 3.05) is 32.8 Å². The number of amides is 1. The Labute approximate surface area is 122 Å². The summed E-state index contributed by atoms with van der Waals surface area (Å²) in [5.41, 5.74) is -0.104. The Morgan fingerprint density at radius 1 is 1.35 bits per heavy atom. The average molecular weight is 284 g/mol. The molecule has 2 heterocycles. The Morgan fingerprint density at radius 3 is 2.40 bits per heavy atom. The third kappa shape index (κ3) is 4.35. The lowest BCUT2D eigenvalue weighted by Gasteiger charge is -2.40. The Bertz CT molecular complexity index is 340. The van der Waals surface area contributed by atoms with E-state index >= 15 is 0 Å². The van der Waals surface area contributed by atoms with Crippen molar-refractivity contribution < 1.29 is 14.3 Å². The Morgan fingerprint density at radius 2 is 1.95 bits per heavy atom. The van der Waals surface area contributed by atoms with Gasteiger partial charge in [0, 0.05) is 31.1 Å². The van der Waals surface area contributed by atoms with Gasteiger partial charge >= 0.3 is 6.09 Å². The highest BCUT2D eigenvalue weighted by Crippen LogP contribution is 2.26. The summed E-state index contributed by atoms with van der Waals surface area (Å²) in [5, 5.41) is 3.61. The van der Waals surface area contributed by atoms with Gasteiger partial charge in [0.15, 0.2) is 0 Å². The highest BCUT2D eigenvalue weighted by Gasteiger charge is 2.34. The van der Waals surface area contributed by atoms with Crippen LogP contribution in [0.3, 0.4) is 0 Å². The van der Waals surface area contributed by atoms with Crippen LogP contribution in [0.2, 0.25) is 0 Å². The van der Waals surface area contributed by atoms with E-state index in [1.165, 1.54) is 0 Å². The molecule has 0 aromatic rings. The summed E-state index contributed by atoms with van der Waals surface area (Å²) in [5.74, 6) is 0. The van der Waals surface area contributed by atoms with Gasteiger partial charge in [-0.25, -0.2) is 4.79 Å². The summed E-state index contributed by atoms with van der Waals surface area (Å²) >= 11 is 0. The summed E-state index contributed by atoms with van der Waals surface area (Å²) in [7, 11) is 0. The van der Waals surface area contributed by atoms with Crippen molar-refractivity contribution in [3.63, 3.8) is 0 Å². The van der Waals surface area contributed by atoms with E-state index in [1.807, 2.05) is 25.7 Å². The van der Waals surface area contributed by atoms with E-state index in [9.17, 15) is 4.79 Å². The normalized spacial score (nSPS) is 23.3. The second-order valence-corrected chi connectivity index (χ2v) is 7.43. The minimum atomic E-state index is -0.412. The van der Waals surface area contributed by atoms with E-state index in [2.05, 4.69) is 12.2 Å². The van der Waals surface area contributed by atoms with Gasteiger partial charge in [0.25, 0.3) is 0 Å². The van der Waals surface area contributed by atoms with Crippen LogP contribution in [0.4, 0.5) is 4.79 Å². The van der Waals surface area contributed by atoms with E-state index in [-0.39, 0.29) is 6.09 Å². The Kier molecular flexibility index (Phi) is 4.59. The molecule has 2 aliphatic heterocycles. The molecule has 0 saturated carbocycles. The number of ether oxygens (including phenoxy) is 2. The number of hydrogen-bond donors (Lipinski definition) is 1. The number of rotatable bonds is 3. The number of hydrogen-bond acceptors (Lipinski definition) is 4. The second kappa shape index (κ2) is 5.90. The zero-order valence-corrected chi connectivity index (χ0v) is 13.2. The standard InChI is InChI=1S/C15H28N2O3/c1-14(2,3)20-13(18)17-7-5-12(6-8-17)16-9-15(4)10-19-11-15/h12,16H,5-11H2,1-4H3. The van der Waals surface area contributed by atoms with Gasteiger partial charge in [0.1, 0.15) is 5.60 Å². The molecule has 1 N–H and O–H groups in total. The first-order valence-corrected chi connectivity index (χ1v) is 7.57. The molecule has 1 amide bonds. The van der Waals surface area contributed by atoms with E-state index in [1.54, 1.807) is 0 Å². The molecule has 20 heavy (non-hydrogen) atoms. The molecule has 0 aromatic carbocycles. The molecule has 0 aromatic heterocycles. The van der Waals surface area contributed by atoms with Crippen molar-refractivity contribution in [2.24, 2.45) is 5.41 Å². The van der Waals surface area contributed by atoms with Crippen LogP contribution in [-0.4, -0.2) is 55.5 Å². The Hall–Kier alpha value is -0.810. The number of nitrogens with zero attached hydrogens (tertiary/aromatic N) is 1. The first kappa shape index (κ1) is 15.6. The van der Waals surface area contributed by atoms with Gasteiger partial charge in [-0.2, -0.15) is 0 Å². The number of nitrogens with one attached hydrogen (secondary N) is 1. The quantitative estimate of drug-likeness (QED) is 0.861. The van der Waals surface area contributed by atoms with Gasteiger partial charge in [0.05, 0.1) is 13.2 Å². The minimum Gasteiger partial charge on any atom is -0.444 e. The van der Waals surface area contributed by atoms with E-state index in [4.69, 9.17) is 9.47 Å². The fraction of sp³-hybridized carbons (Fsp3) is 0.933. The largest absolute Gasteiger partial charge is 0.444 e. The Balaban J connectivity index is 1.68. The van der Waals surface area contributed by atoms with Crippen LogP contribution in [-0.2, 0) is 9.47 Å². The minimum absolute atomic E-state index is 0.185. The molecule has 2 rings (SSSR count). The lowest BCUT2D eigenvalue weighted by molar-refractivity contribution is -0.100. The van der Waals surface area contributed by atoms with E-state index in [0.717, 1.165) is 45.7 Å². The highest BCUT2D eigenvalue weighted by atomic mass is 16.6. The summed E-state index contributed by atoms with van der Waals surface area (Å²) in [6.07, 6.45) is 1.81. The molecule has 5 heteroatoms. The van der Waals surface area contributed by atoms with Gasteiger partial charge in [-0.1, -0.05) is 6.92 Å². The van der Waals surface area contributed by atoms with Gasteiger partial charge in [-0.15, -0.1) is 0 Å². The number of piperidine rings is 1. The van der Waals surface area contributed by atoms with Crippen LogP contribution in [0.5, 0.6) is 0 Å². The van der Waals surface area contributed by atoms with Crippen LogP contribution in [0.25, 0.3) is 0 Å². The highest BCUT2D eigenvalue weighted by molar-refractivity contribution is 5.68. The SMILES string of the molecule is CC1(CNC2CCN(C(=O)OC(C)(C)C)CC2)COC1. The molecule has 0 atom stereocenters. The number of likely N-dealkylation sites (tertiary alicyclic amines) is 1. The number of carbonyl (C=O) groups excluding carboxylic acids is 1. The zero-order valence-electron chi connectivity index (χ0n) is 13.2. The maximum Gasteiger partial charge on any atom is 0.410 e. The molecule has 0 unspecified atom stereocenters. The number of carbonyl (C=O) groups is 1. The second-order valence-electron chi connectivity index (χ2n) is 7.43. The van der Waals surface area contributed by atoms with Crippen LogP contribution >= 0.6 is 0 Å². The van der Waals surface area contributed by atoms with Crippen molar-refractivity contribution in [2.45, 2.75) is 52.2 Å². The molecular formula is C15H28N2O3. The van der Waals surface area contributed by atoms with Gasteiger partial charge in [0.2, 0.25) is 0 Å². The molecule has 0 bridgehead atoms. The predicted octanol–water partition coefficient (Wildman–Crippen LogP) is 2.01. The maximum atomic E-state index is 12.0. The fourth-order valence-corrected chi connectivity index (χ4v) is 2.54. The average Bonchev–Trinajstić information content (AvgIpc) is 2.32. The third-order valence-corrected chi connectivity index (χ3v) is 3.87. The topological polar surface area (TPSA) is 50.8 Å². The van der Waals surface area contributed by atoms with Crippen molar-refractivity contribution in [3.8, 4) is 0 Å². The molecule has 2 fully saturated rings. The monoisotopic (exact) mass is 284 g/mol. The summed E-state index contributed by atoms with van der Waals surface area (Å²) in [6, 6.07) is 0.506. The van der Waals surface area contributed by atoms with Gasteiger partial charge in [-0.3, -0.25) is 0 Å². The summed E-state index contributed by atoms with van der Waals surface area (Å²) in [4.78, 5) is 13.8. The van der Waals surface area contributed by atoms with Crippen LogP contribution in [0.1, 0.15) is 40.5 Å². The molecule has 0 aliphatic carbocycles. The third-order valence-electron chi connectivity index (χ3n) is 3.87. The molecular weight excluding hydrogens is 256 g/mol. The van der Waals surface area contributed by atoms with Gasteiger partial charge < -0.3 is 19.7 Å². The van der Waals surface area contributed by atoms with E-state index in [0.29, 0.717) is 11.5 Å². The zero-order chi connectivity index (χ0) is 14.8. The van der Waals surface area contributed by atoms with Crippen molar-refractivity contribution in [1.82, 2.24) is 10.2 Å². The van der Waals surface area contributed by atoms with Crippen molar-refractivity contribution >= 4 is 6.09 Å². The smallest absolute Gasteiger partial charge is 0.410 e. The molecule has 5 nitrogen and oxygen atoms in total. The van der Waals surface area contributed by atoms with Gasteiger partial charge in [-0.05, 0) is 33.6 Å². The predicted molar refractivity (Wildman–Crippen MR) is 77.8 cm³/mol. The maximum absolute atomic E-state index is 12.0. The van der Waals surface area contributed by atoms with Crippen LogP contribution < -0.4 is 5.32 Å². The lowest BCUT2D eigenvalue weighted by Crippen LogP contribution is -2.52. The molecule has 2 saturated heterocycles. The van der Waals surface area contributed by atoms with Crippen LogP contribution in [0, 0.1) is 5.41 Å². The molecule has 0 radical (unpaired) electrons. The fourth-order valence-electron chi connectivity index (χ4n) is 2.54. The van der Waals surface area contributed by atoms with Crippen molar-refractivity contribution in [3.05, 3.63) is 0 Å². The first-order chi connectivity index (χ1) is 9.27. The van der Waals surface area contributed by atoms with Crippen LogP contribution in [0.15, 0.2) is 0 Å². The molecule has 0 spiro atoms. The van der Waals surface area contributed by atoms with E-state index < -0.39 is 5.60 Å². The summed E-state index contributed by atoms with van der Waals surface area (Å²) < 4.78 is 10.7.